The summed E-state index contributed by atoms with van der Waals surface area (Å²) in [6, 6.07) is 1.88. The molecule has 3 rings (SSSR count). The number of carbonyl (C=O) groups is 1. The van der Waals surface area contributed by atoms with Gasteiger partial charge in [-0.3, -0.25) is 4.79 Å². The number of likely N-dealkylation sites (tertiary alicyclic amines) is 1. The van der Waals surface area contributed by atoms with Crippen LogP contribution in [0.15, 0.2) is 17.6 Å². The molecular weight excluding hydrogens is 286 g/mol. The Kier molecular flexibility index (Phi) is 3.37. The number of thiazole rings is 1. The lowest BCUT2D eigenvalue weighted by Gasteiger charge is -2.19. The molecule has 0 aromatic carbocycles. The van der Waals surface area contributed by atoms with Crippen molar-refractivity contribution in [2.24, 2.45) is 7.05 Å². The summed E-state index contributed by atoms with van der Waals surface area (Å²) in [7, 11) is 1.87. The fourth-order valence-electron chi connectivity index (χ4n) is 2.69. The second-order valence-electron chi connectivity index (χ2n) is 5.95. The second kappa shape index (κ2) is 4.96. The van der Waals surface area contributed by atoms with E-state index in [2.05, 4.69) is 4.98 Å². The van der Waals surface area contributed by atoms with Gasteiger partial charge in [-0.05, 0) is 26.3 Å². The lowest BCUT2D eigenvalue weighted by Crippen LogP contribution is -2.34. The van der Waals surface area contributed by atoms with E-state index in [0.29, 0.717) is 25.2 Å². The van der Waals surface area contributed by atoms with Gasteiger partial charge in [-0.25, -0.2) is 4.98 Å². The topological polar surface area (TPSA) is 58.4 Å². The fourth-order valence-corrected chi connectivity index (χ4v) is 3.32. The van der Waals surface area contributed by atoms with E-state index >= 15 is 0 Å². The van der Waals surface area contributed by atoms with Gasteiger partial charge in [0.1, 0.15) is 5.69 Å². The van der Waals surface area contributed by atoms with Gasteiger partial charge in [-0.2, -0.15) is 0 Å². The van der Waals surface area contributed by atoms with E-state index in [0.717, 1.165) is 16.3 Å². The van der Waals surface area contributed by atoms with Crippen LogP contribution in [0.25, 0.3) is 11.3 Å². The van der Waals surface area contributed by atoms with Crippen LogP contribution in [0.3, 0.4) is 0 Å². The highest BCUT2D eigenvalue weighted by atomic mass is 32.1. The van der Waals surface area contributed by atoms with Crippen LogP contribution in [-0.4, -0.2) is 44.2 Å². The lowest BCUT2D eigenvalue weighted by molar-refractivity contribution is 0.0567. The highest BCUT2D eigenvalue weighted by molar-refractivity contribution is 7.09. The molecule has 2 aromatic rings. The van der Waals surface area contributed by atoms with E-state index in [9.17, 15) is 9.90 Å². The first kappa shape index (κ1) is 14.3. The zero-order valence-corrected chi connectivity index (χ0v) is 13.3. The largest absolute Gasteiger partial charge is 0.388 e. The summed E-state index contributed by atoms with van der Waals surface area (Å²) < 4.78 is 1.83. The van der Waals surface area contributed by atoms with E-state index in [4.69, 9.17) is 0 Å². The summed E-state index contributed by atoms with van der Waals surface area (Å²) in [5.74, 6) is -0.0338. The van der Waals surface area contributed by atoms with Gasteiger partial charge in [-0.1, -0.05) is 0 Å². The highest BCUT2D eigenvalue weighted by Crippen LogP contribution is 2.26. The van der Waals surface area contributed by atoms with Crippen LogP contribution < -0.4 is 0 Å². The third-order valence-corrected chi connectivity index (χ3v) is 4.65. The number of aromatic nitrogens is 2. The quantitative estimate of drug-likeness (QED) is 0.924. The van der Waals surface area contributed by atoms with Gasteiger partial charge >= 0.3 is 0 Å². The van der Waals surface area contributed by atoms with Crippen molar-refractivity contribution >= 4 is 17.2 Å². The minimum Gasteiger partial charge on any atom is -0.388 e. The molecule has 1 N–H and O–H groups in total. The molecule has 0 spiro atoms. The molecule has 1 aliphatic heterocycles. The molecular formula is C15H19N3O2S. The van der Waals surface area contributed by atoms with E-state index in [1.807, 2.05) is 36.2 Å². The minimum atomic E-state index is -0.768. The second-order valence-corrected chi connectivity index (χ2v) is 7.01. The smallest absolute Gasteiger partial charge is 0.270 e. The lowest BCUT2D eigenvalue weighted by atomic mass is 10.1. The number of β-amino-alcohol motifs (C(OH)–C–C–N with tert-alkyl or cyclic N) is 1. The van der Waals surface area contributed by atoms with Crippen molar-refractivity contribution < 1.29 is 9.90 Å². The van der Waals surface area contributed by atoms with E-state index < -0.39 is 5.60 Å². The Balaban J connectivity index is 1.86. The average molecular weight is 305 g/mol. The molecule has 5 nitrogen and oxygen atoms in total. The van der Waals surface area contributed by atoms with Gasteiger partial charge in [0, 0.05) is 37.3 Å². The molecule has 1 saturated heterocycles. The van der Waals surface area contributed by atoms with Crippen molar-refractivity contribution in [2.45, 2.75) is 25.9 Å². The molecule has 6 heteroatoms. The average Bonchev–Trinajstić information content (AvgIpc) is 3.08. The van der Waals surface area contributed by atoms with Crippen LogP contribution in [-0.2, 0) is 7.05 Å². The first-order valence-corrected chi connectivity index (χ1v) is 7.84. The van der Waals surface area contributed by atoms with Crippen molar-refractivity contribution in [3.63, 3.8) is 0 Å². The van der Waals surface area contributed by atoms with Gasteiger partial charge in [-0.15, -0.1) is 11.3 Å². The van der Waals surface area contributed by atoms with Crippen molar-refractivity contribution in [1.29, 1.82) is 0 Å². The van der Waals surface area contributed by atoms with Crippen LogP contribution >= 0.6 is 11.3 Å². The van der Waals surface area contributed by atoms with Gasteiger partial charge in [0.2, 0.25) is 0 Å². The Bertz CT molecular complexity index is 687. The molecule has 1 aliphatic rings. The Hall–Kier alpha value is -1.66. The Morgan fingerprint density at radius 1 is 1.52 bits per heavy atom. The molecule has 1 unspecified atom stereocenters. The minimum absolute atomic E-state index is 0.0338. The third-order valence-electron chi connectivity index (χ3n) is 3.88. The maximum Gasteiger partial charge on any atom is 0.270 e. The van der Waals surface area contributed by atoms with Crippen LogP contribution in [0.5, 0.6) is 0 Å². The number of carbonyl (C=O) groups excluding carboxylic acids is 1. The number of aryl methyl sites for hydroxylation is 2. The highest BCUT2D eigenvalue weighted by Gasteiger charge is 2.35. The number of aliphatic hydroxyl groups is 1. The molecule has 21 heavy (non-hydrogen) atoms. The monoisotopic (exact) mass is 305 g/mol. The fraction of sp³-hybridized carbons (Fsp3) is 0.467. The van der Waals surface area contributed by atoms with Gasteiger partial charge in [0.15, 0.2) is 0 Å². The summed E-state index contributed by atoms with van der Waals surface area (Å²) in [4.78, 5) is 18.8. The van der Waals surface area contributed by atoms with E-state index in [1.165, 1.54) is 0 Å². The van der Waals surface area contributed by atoms with Gasteiger partial charge in [0.05, 0.1) is 16.3 Å². The van der Waals surface area contributed by atoms with Crippen LogP contribution in [0, 0.1) is 6.92 Å². The zero-order chi connectivity index (χ0) is 15.2. The summed E-state index contributed by atoms with van der Waals surface area (Å²) in [5, 5.41) is 13.0. The maximum absolute atomic E-state index is 12.6. The standard InChI is InChI=1S/C15H19N3O2S/c1-10-16-12(8-21-10)11-6-13(17(3)7-11)14(19)18-5-4-15(2,20)9-18/h6-8,20H,4-5,9H2,1-3H3. The van der Waals surface area contributed by atoms with Crippen molar-refractivity contribution in [3.05, 3.63) is 28.3 Å². The van der Waals surface area contributed by atoms with Crippen LogP contribution in [0.1, 0.15) is 28.8 Å². The molecule has 1 amide bonds. The summed E-state index contributed by atoms with van der Waals surface area (Å²) in [6.07, 6.45) is 2.55. The molecule has 2 aromatic heterocycles. The normalized spacial score (nSPS) is 22.0. The first-order valence-electron chi connectivity index (χ1n) is 6.96. The number of hydrogen-bond donors (Lipinski definition) is 1. The molecule has 0 radical (unpaired) electrons. The third kappa shape index (κ3) is 2.73. The predicted octanol–water partition coefficient (Wildman–Crippen LogP) is 2.05. The number of amides is 1. The van der Waals surface area contributed by atoms with E-state index in [-0.39, 0.29) is 5.91 Å². The Morgan fingerprint density at radius 2 is 2.29 bits per heavy atom. The van der Waals surface area contributed by atoms with Crippen molar-refractivity contribution in [3.8, 4) is 11.3 Å². The SMILES string of the molecule is Cc1nc(-c2cc(C(=O)N3CCC(C)(O)C3)n(C)c2)cs1. The molecule has 3 heterocycles. The number of hydrogen-bond acceptors (Lipinski definition) is 4. The summed E-state index contributed by atoms with van der Waals surface area (Å²) >= 11 is 1.60. The van der Waals surface area contributed by atoms with Crippen LogP contribution in [0.4, 0.5) is 0 Å². The Labute approximate surface area is 127 Å². The number of rotatable bonds is 2. The first-order chi connectivity index (χ1) is 9.85. The molecule has 0 bridgehead atoms. The van der Waals surface area contributed by atoms with E-state index in [1.54, 1.807) is 23.2 Å². The molecule has 112 valence electrons. The predicted molar refractivity (Wildman–Crippen MR) is 82.4 cm³/mol. The molecule has 1 fully saturated rings. The summed E-state index contributed by atoms with van der Waals surface area (Å²) in [5.41, 5.74) is 1.72. The molecule has 1 atom stereocenters. The maximum atomic E-state index is 12.6. The van der Waals surface area contributed by atoms with Crippen LogP contribution in [0.2, 0.25) is 0 Å². The van der Waals surface area contributed by atoms with Gasteiger partial charge < -0.3 is 14.6 Å². The van der Waals surface area contributed by atoms with Crippen molar-refractivity contribution in [2.75, 3.05) is 13.1 Å². The number of nitrogens with zero attached hydrogens (tertiary/aromatic N) is 3. The Morgan fingerprint density at radius 3 is 2.86 bits per heavy atom. The molecule has 0 saturated carbocycles. The van der Waals surface area contributed by atoms with Crippen molar-refractivity contribution in [1.82, 2.24) is 14.5 Å². The molecule has 0 aliphatic carbocycles. The van der Waals surface area contributed by atoms with Gasteiger partial charge in [0.25, 0.3) is 5.91 Å². The zero-order valence-electron chi connectivity index (χ0n) is 12.5. The summed E-state index contributed by atoms with van der Waals surface area (Å²) in [6.45, 7) is 4.73.